The molecule has 58 valence electrons. The third-order valence-electron chi connectivity index (χ3n) is 2.04. The first-order valence-electron chi connectivity index (χ1n) is 3.78. The highest BCUT2D eigenvalue weighted by Gasteiger charge is 2.04. The van der Waals surface area contributed by atoms with Gasteiger partial charge < -0.3 is 8.83 Å². The summed E-state index contributed by atoms with van der Waals surface area (Å²) in [6.45, 7) is 0. The van der Waals surface area contributed by atoms with Gasteiger partial charge in [-0.25, -0.2) is 0 Å². The van der Waals surface area contributed by atoms with Gasteiger partial charge in [0.2, 0.25) is 0 Å². The maximum atomic E-state index is 5.30. The Balaban J connectivity index is 2.71. The third kappa shape index (κ3) is 0.593. The molecule has 0 N–H and O–H groups in total. The van der Waals surface area contributed by atoms with Crippen LogP contribution in [0.1, 0.15) is 0 Å². The molecule has 2 aromatic heterocycles. The molecule has 0 aliphatic rings. The van der Waals surface area contributed by atoms with Crippen molar-refractivity contribution < 1.29 is 8.83 Å². The zero-order valence-corrected chi connectivity index (χ0v) is 6.28. The molecule has 3 aromatic rings. The van der Waals surface area contributed by atoms with Gasteiger partial charge in [0.15, 0.2) is 11.2 Å². The summed E-state index contributed by atoms with van der Waals surface area (Å²) in [4.78, 5) is 0. The van der Waals surface area contributed by atoms with Crippen LogP contribution in [0.15, 0.2) is 45.6 Å². The van der Waals surface area contributed by atoms with Gasteiger partial charge in [0, 0.05) is 10.8 Å². The van der Waals surface area contributed by atoms with Gasteiger partial charge >= 0.3 is 0 Å². The Bertz CT molecular complexity index is 481. The molecule has 0 radical (unpaired) electrons. The molecule has 0 fully saturated rings. The van der Waals surface area contributed by atoms with Crippen LogP contribution in [-0.4, -0.2) is 0 Å². The summed E-state index contributed by atoms with van der Waals surface area (Å²) >= 11 is 0. The van der Waals surface area contributed by atoms with Crippen LogP contribution in [0.5, 0.6) is 0 Å². The molecule has 0 unspecified atom stereocenters. The lowest BCUT2D eigenvalue weighted by Crippen LogP contribution is -1.64. The van der Waals surface area contributed by atoms with Crippen LogP contribution in [0, 0.1) is 0 Å². The normalized spacial score (nSPS) is 11.3. The SMILES string of the molecule is c1cc2ccc3ccoc3c2o1. The van der Waals surface area contributed by atoms with Crippen LogP contribution in [-0.2, 0) is 0 Å². The smallest absolute Gasteiger partial charge is 0.176 e. The van der Waals surface area contributed by atoms with Gasteiger partial charge in [0.25, 0.3) is 0 Å². The maximum absolute atomic E-state index is 5.30. The summed E-state index contributed by atoms with van der Waals surface area (Å²) in [6, 6.07) is 7.90. The Morgan fingerprint density at radius 3 is 1.67 bits per heavy atom. The fraction of sp³-hybridized carbons (Fsp3) is 0. The first-order chi connectivity index (χ1) is 5.95. The standard InChI is InChI=1S/C10H6O2/c1-2-8-4-6-12-10(8)9-7(1)3-5-11-9/h1-6H. The van der Waals surface area contributed by atoms with E-state index in [9.17, 15) is 0 Å². The molecule has 0 aliphatic heterocycles. The summed E-state index contributed by atoms with van der Waals surface area (Å²) < 4.78 is 10.6. The van der Waals surface area contributed by atoms with E-state index in [0.717, 1.165) is 21.9 Å². The molecule has 0 atom stereocenters. The molecule has 3 rings (SSSR count). The summed E-state index contributed by atoms with van der Waals surface area (Å²) in [7, 11) is 0. The van der Waals surface area contributed by atoms with Crippen molar-refractivity contribution in [3.05, 3.63) is 36.8 Å². The van der Waals surface area contributed by atoms with Gasteiger partial charge in [-0.1, -0.05) is 12.1 Å². The second-order valence-electron chi connectivity index (χ2n) is 2.74. The quantitative estimate of drug-likeness (QED) is 0.502. The van der Waals surface area contributed by atoms with Crippen molar-refractivity contribution in [1.29, 1.82) is 0 Å². The molecule has 0 amide bonds. The van der Waals surface area contributed by atoms with Gasteiger partial charge in [-0.05, 0) is 12.1 Å². The van der Waals surface area contributed by atoms with Crippen LogP contribution < -0.4 is 0 Å². The van der Waals surface area contributed by atoms with Gasteiger partial charge in [0.1, 0.15) is 0 Å². The van der Waals surface area contributed by atoms with Gasteiger partial charge in [0.05, 0.1) is 12.5 Å². The van der Waals surface area contributed by atoms with Crippen molar-refractivity contribution in [2.24, 2.45) is 0 Å². The fourth-order valence-corrected chi connectivity index (χ4v) is 1.45. The van der Waals surface area contributed by atoms with Gasteiger partial charge in [-0.2, -0.15) is 0 Å². The van der Waals surface area contributed by atoms with Crippen molar-refractivity contribution in [3.63, 3.8) is 0 Å². The minimum absolute atomic E-state index is 0.831. The number of hydrogen-bond acceptors (Lipinski definition) is 2. The van der Waals surface area contributed by atoms with E-state index in [-0.39, 0.29) is 0 Å². The first-order valence-corrected chi connectivity index (χ1v) is 3.78. The Morgan fingerprint density at radius 2 is 1.17 bits per heavy atom. The van der Waals surface area contributed by atoms with Crippen LogP contribution in [0.25, 0.3) is 21.9 Å². The average Bonchev–Trinajstić information content (AvgIpc) is 2.71. The van der Waals surface area contributed by atoms with E-state index in [1.54, 1.807) is 12.5 Å². The van der Waals surface area contributed by atoms with E-state index in [2.05, 4.69) is 0 Å². The summed E-state index contributed by atoms with van der Waals surface area (Å²) in [6.07, 6.45) is 3.35. The van der Waals surface area contributed by atoms with Crippen LogP contribution >= 0.6 is 0 Å². The molecule has 0 spiro atoms. The van der Waals surface area contributed by atoms with Crippen molar-refractivity contribution in [1.82, 2.24) is 0 Å². The number of furan rings is 2. The second-order valence-corrected chi connectivity index (χ2v) is 2.74. The minimum Gasteiger partial charge on any atom is -0.460 e. The Labute approximate surface area is 68.4 Å². The van der Waals surface area contributed by atoms with Gasteiger partial charge in [-0.15, -0.1) is 0 Å². The zero-order valence-electron chi connectivity index (χ0n) is 6.28. The van der Waals surface area contributed by atoms with E-state index in [1.807, 2.05) is 24.3 Å². The van der Waals surface area contributed by atoms with Gasteiger partial charge in [-0.3, -0.25) is 0 Å². The van der Waals surface area contributed by atoms with Crippen molar-refractivity contribution in [2.45, 2.75) is 0 Å². The Kier molecular flexibility index (Phi) is 0.939. The second kappa shape index (κ2) is 1.91. The molecule has 2 heterocycles. The lowest BCUT2D eigenvalue weighted by molar-refractivity contribution is 0.583. The van der Waals surface area contributed by atoms with E-state index in [1.165, 1.54) is 0 Å². The summed E-state index contributed by atoms with van der Waals surface area (Å²) in [5, 5.41) is 2.16. The average molecular weight is 158 g/mol. The largest absolute Gasteiger partial charge is 0.460 e. The molecule has 0 bridgehead atoms. The van der Waals surface area contributed by atoms with Crippen molar-refractivity contribution >= 4 is 21.9 Å². The molecule has 2 heteroatoms. The summed E-state index contributed by atoms with van der Waals surface area (Å²) in [5.74, 6) is 0. The van der Waals surface area contributed by atoms with E-state index in [4.69, 9.17) is 8.83 Å². The monoisotopic (exact) mass is 158 g/mol. The third-order valence-corrected chi connectivity index (χ3v) is 2.04. The Morgan fingerprint density at radius 1 is 0.667 bits per heavy atom. The van der Waals surface area contributed by atoms with Crippen LogP contribution in [0.2, 0.25) is 0 Å². The molecule has 0 aliphatic carbocycles. The minimum atomic E-state index is 0.831. The summed E-state index contributed by atoms with van der Waals surface area (Å²) in [5.41, 5.74) is 1.66. The molecular weight excluding hydrogens is 152 g/mol. The number of benzene rings is 1. The lowest BCUT2D eigenvalue weighted by Gasteiger charge is -1.88. The van der Waals surface area contributed by atoms with Crippen molar-refractivity contribution in [2.75, 3.05) is 0 Å². The van der Waals surface area contributed by atoms with E-state index < -0.39 is 0 Å². The number of fused-ring (bicyclic) bond motifs is 3. The first kappa shape index (κ1) is 5.89. The highest BCUT2D eigenvalue weighted by Crippen LogP contribution is 2.26. The highest BCUT2D eigenvalue weighted by molar-refractivity contribution is 6.00. The van der Waals surface area contributed by atoms with E-state index in [0.29, 0.717) is 0 Å². The number of rotatable bonds is 0. The predicted octanol–water partition coefficient (Wildman–Crippen LogP) is 3.18. The fourth-order valence-electron chi connectivity index (χ4n) is 1.45. The molecule has 0 saturated heterocycles. The Hall–Kier alpha value is -1.70. The lowest BCUT2D eigenvalue weighted by atomic mass is 10.2. The molecule has 2 nitrogen and oxygen atoms in total. The predicted molar refractivity (Wildman–Crippen MR) is 46.0 cm³/mol. The van der Waals surface area contributed by atoms with Crippen LogP contribution in [0.3, 0.4) is 0 Å². The molecule has 12 heavy (non-hydrogen) atoms. The van der Waals surface area contributed by atoms with Crippen molar-refractivity contribution in [3.8, 4) is 0 Å². The zero-order chi connectivity index (χ0) is 7.97. The highest BCUT2D eigenvalue weighted by atomic mass is 16.4. The number of hydrogen-bond donors (Lipinski definition) is 0. The molecule has 1 aromatic carbocycles. The molecular formula is C10H6O2. The molecule has 0 saturated carbocycles. The maximum Gasteiger partial charge on any atom is 0.176 e. The topological polar surface area (TPSA) is 26.3 Å². The van der Waals surface area contributed by atoms with E-state index >= 15 is 0 Å². The van der Waals surface area contributed by atoms with Crippen LogP contribution in [0.4, 0.5) is 0 Å².